The van der Waals surface area contributed by atoms with Crippen LogP contribution in [0, 0.1) is 0 Å². The fourth-order valence-electron chi connectivity index (χ4n) is 3.03. The number of rotatable bonds is 9. The number of para-hydroxylation sites is 1. The molecule has 3 nitrogen and oxygen atoms in total. The van der Waals surface area contributed by atoms with Crippen molar-refractivity contribution in [2.75, 3.05) is 27.2 Å². The van der Waals surface area contributed by atoms with E-state index >= 15 is 0 Å². The van der Waals surface area contributed by atoms with Crippen LogP contribution in [0.4, 0.5) is 0 Å². The predicted molar refractivity (Wildman–Crippen MR) is 127 cm³/mol. The molecule has 0 fully saturated rings. The van der Waals surface area contributed by atoms with E-state index in [1.54, 1.807) is 0 Å². The minimum atomic E-state index is 0. The van der Waals surface area contributed by atoms with Gasteiger partial charge in [0.2, 0.25) is 0 Å². The van der Waals surface area contributed by atoms with Gasteiger partial charge < -0.3 is 15.0 Å². The van der Waals surface area contributed by atoms with E-state index < -0.39 is 0 Å². The summed E-state index contributed by atoms with van der Waals surface area (Å²) in [5.74, 6) is 0.959. The molecule has 0 spiro atoms. The third-order valence-electron chi connectivity index (χ3n) is 4.61. The number of likely N-dealkylation sites (N-methyl/N-ethyl adjacent to an activating group) is 2. The molecule has 0 radical (unpaired) electrons. The summed E-state index contributed by atoms with van der Waals surface area (Å²) < 4.78 is 6.13. The Morgan fingerprint density at radius 3 is 2.10 bits per heavy atom. The smallest absolute Gasteiger partial charge is 0.124 e. The lowest BCUT2D eigenvalue weighted by atomic mass is 10.0. The van der Waals surface area contributed by atoms with Crippen LogP contribution in [0.25, 0.3) is 11.1 Å². The van der Waals surface area contributed by atoms with Crippen LogP contribution < -0.4 is 10.1 Å². The first-order valence-electron chi connectivity index (χ1n) is 9.44. The van der Waals surface area contributed by atoms with E-state index in [4.69, 9.17) is 4.74 Å². The van der Waals surface area contributed by atoms with Gasteiger partial charge in [0, 0.05) is 25.2 Å². The first kappa shape index (κ1) is 25.0. The van der Waals surface area contributed by atoms with E-state index in [0.717, 1.165) is 25.4 Å². The summed E-state index contributed by atoms with van der Waals surface area (Å²) in [5, 5.41) is 3.19. The van der Waals surface area contributed by atoms with Gasteiger partial charge in [0.05, 0.1) is 0 Å². The minimum absolute atomic E-state index is 0. The van der Waals surface area contributed by atoms with Crippen molar-refractivity contribution in [3.8, 4) is 16.9 Å². The number of hydrogen-bond acceptors (Lipinski definition) is 3. The number of nitrogens with one attached hydrogen (secondary N) is 1. The van der Waals surface area contributed by atoms with Gasteiger partial charge in [0.25, 0.3) is 0 Å². The van der Waals surface area contributed by atoms with Crippen molar-refractivity contribution in [1.82, 2.24) is 10.2 Å². The van der Waals surface area contributed by atoms with E-state index in [9.17, 15) is 0 Å². The molecule has 29 heavy (non-hydrogen) atoms. The fourth-order valence-corrected chi connectivity index (χ4v) is 3.03. The average Bonchev–Trinajstić information content (AvgIpc) is 2.72. The average molecular weight is 433 g/mol. The van der Waals surface area contributed by atoms with Gasteiger partial charge in [-0.25, -0.2) is 0 Å². The highest BCUT2D eigenvalue weighted by Gasteiger charge is 2.07. The number of hydrogen-bond donors (Lipinski definition) is 1. The number of nitrogens with zero attached hydrogens (tertiary/aromatic N) is 1. The van der Waals surface area contributed by atoms with Crippen molar-refractivity contribution in [3.63, 3.8) is 0 Å². The van der Waals surface area contributed by atoms with Crippen LogP contribution in [0.1, 0.15) is 11.1 Å². The van der Waals surface area contributed by atoms with Crippen LogP contribution in [-0.4, -0.2) is 32.1 Å². The molecule has 0 aliphatic carbocycles. The summed E-state index contributed by atoms with van der Waals surface area (Å²) in [4.78, 5) is 2.30. The second-order valence-corrected chi connectivity index (χ2v) is 6.80. The molecule has 5 heteroatoms. The van der Waals surface area contributed by atoms with E-state index in [2.05, 4.69) is 84.0 Å². The molecule has 1 N–H and O–H groups in total. The van der Waals surface area contributed by atoms with Crippen molar-refractivity contribution in [1.29, 1.82) is 0 Å². The highest BCUT2D eigenvalue weighted by molar-refractivity contribution is 5.85. The van der Waals surface area contributed by atoms with Crippen LogP contribution >= 0.6 is 24.8 Å². The largest absolute Gasteiger partial charge is 0.489 e. The van der Waals surface area contributed by atoms with Crippen LogP contribution in [0.3, 0.4) is 0 Å². The van der Waals surface area contributed by atoms with Gasteiger partial charge in [-0.1, -0.05) is 72.8 Å². The molecule has 0 saturated heterocycles. The molecular formula is C24H30Cl2N2O. The molecule has 3 rings (SSSR count). The maximum absolute atomic E-state index is 6.13. The molecular weight excluding hydrogens is 403 g/mol. The molecule has 156 valence electrons. The zero-order valence-electron chi connectivity index (χ0n) is 17.0. The van der Waals surface area contributed by atoms with E-state index in [0.29, 0.717) is 6.61 Å². The lowest BCUT2D eigenvalue weighted by molar-refractivity contribution is 0.285. The van der Waals surface area contributed by atoms with E-state index in [-0.39, 0.29) is 24.8 Å². The zero-order chi connectivity index (χ0) is 18.9. The van der Waals surface area contributed by atoms with Gasteiger partial charge in [-0.05, 0) is 36.9 Å². The Labute approximate surface area is 186 Å². The van der Waals surface area contributed by atoms with Crippen molar-refractivity contribution in [2.45, 2.75) is 13.2 Å². The summed E-state index contributed by atoms with van der Waals surface area (Å²) in [7, 11) is 4.12. The molecule has 0 heterocycles. The fraction of sp³-hybridized carbons (Fsp3) is 0.250. The lowest BCUT2D eigenvalue weighted by Crippen LogP contribution is -2.27. The Morgan fingerprint density at radius 2 is 1.41 bits per heavy atom. The van der Waals surface area contributed by atoms with Gasteiger partial charge >= 0.3 is 0 Å². The Kier molecular flexibility index (Phi) is 11.4. The zero-order valence-corrected chi connectivity index (χ0v) is 18.6. The van der Waals surface area contributed by atoms with Crippen LogP contribution in [0.2, 0.25) is 0 Å². The highest BCUT2D eigenvalue weighted by atomic mass is 35.5. The van der Waals surface area contributed by atoms with Crippen LogP contribution in [0.15, 0.2) is 78.9 Å². The van der Waals surface area contributed by atoms with Crippen LogP contribution in [-0.2, 0) is 13.2 Å². The summed E-state index contributed by atoms with van der Waals surface area (Å²) >= 11 is 0. The Bertz CT molecular complexity index is 826. The maximum Gasteiger partial charge on any atom is 0.124 e. The lowest BCUT2D eigenvalue weighted by Gasteiger charge is -2.19. The first-order chi connectivity index (χ1) is 13.3. The molecule has 3 aromatic carbocycles. The van der Waals surface area contributed by atoms with Crippen molar-refractivity contribution >= 4 is 24.8 Å². The molecule has 0 saturated carbocycles. The molecule has 0 atom stereocenters. The molecule has 0 amide bonds. The summed E-state index contributed by atoms with van der Waals surface area (Å²) in [6.45, 7) is 3.44. The Hall–Kier alpha value is -2.04. The van der Waals surface area contributed by atoms with E-state index in [1.807, 2.05) is 19.2 Å². The normalized spacial score (nSPS) is 10.2. The van der Waals surface area contributed by atoms with E-state index in [1.165, 1.54) is 22.3 Å². The second kappa shape index (κ2) is 13.2. The van der Waals surface area contributed by atoms with Crippen LogP contribution in [0.5, 0.6) is 5.75 Å². The molecule has 0 aliphatic rings. The van der Waals surface area contributed by atoms with Gasteiger partial charge in [0.15, 0.2) is 0 Å². The Morgan fingerprint density at radius 1 is 0.793 bits per heavy atom. The second-order valence-electron chi connectivity index (χ2n) is 6.80. The third-order valence-corrected chi connectivity index (χ3v) is 4.61. The summed E-state index contributed by atoms with van der Waals surface area (Å²) in [6.07, 6.45) is 0. The quantitative estimate of drug-likeness (QED) is 0.487. The molecule has 0 unspecified atom stereocenters. The SMILES string of the molecule is CNCCN(C)Cc1ccccc1OCc1ccc(-c2ccccc2)cc1.Cl.Cl. The molecule has 0 aromatic heterocycles. The van der Waals surface area contributed by atoms with Gasteiger partial charge in [0.1, 0.15) is 12.4 Å². The minimum Gasteiger partial charge on any atom is -0.489 e. The standard InChI is InChI=1S/C24H28N2O.2ClH/c1-25-16-17-26(2)18-23-10-6-7-11-24(23)27-19-20-12-14-22(15-13-20)21-8-4-3-5-9-21;;/h3-15,25H,16-19H2,1-2H3;2*1H. The third kappa shape index (κ3) is 7.71. The molecule has 0 aliphatic heterocycles. The molecule has 3 aromatic rings. The first-order valence-corrected chi connectivity index (χ1v) is 9.44. The summed E-state index contributed by atoms with van der Waals surface area (Å²) in [6, 6.07) is 27.3. The predicted octanol–water partition coefficient (Wildman–Crippen LogP) is 5.43. The van der Waals surface area contributed by atoms with Gasteiger partial charge in [-0.2, -0.15) is 0 Å². The van der Waals surface area contributed by atoms with Crippen molar-refractivity contribution in [2.24, 2.45) is 0 Å². The van der Waals surface area contributed by atoms with Crippen molar-refractivity contribution in [3.05, 3.63) is 90.0 Å². The summed E-state index contributed by atoms with van der Waals surface area (Å²) in [5.41, 5.74) is 4.86. The van der Waals surface area contributed by atoms with Gasteiger partial charge in [-0.3, -0.25) is 0 Å². The Balaban J connectivity index is 0.00000210. The highest BCUT2D eigenvalue weighted by Crippen LogP contribution is 2.22. The number of halogens is 2. The topological polar surface area (TPSA) is 24.5 Å². The van der Waals surface area contributed by atoms with Crippen molar-refractivity contribution < 1.29 is 4.74 Å². The number of benzene rings is 3. The maximum atomic E-state index is 6.13. The number of ether oxygens (including phenoxy) is 1. The monoisotopic (exact) mass is 432 g/mol. The molecule has 0 bridgehead atoms. The van der Waals surface area contributed by atoms with Gasteiger partial charge in [-0.15, -0.1) is 24.8 Å².